The molecule has 0 saturated carbocycles. The Hall–Kier alpha value is -2.82. The van der Waals surface area contributed by atoms with E-state index in [1.54, 1.807) is 4.90 Å². The van der Waals surface area contributed by atoms with Crippen molar-refractivity contribution in [2.75, 3.05) is 0 Å². The topological polar surface area (TPSA) is 66.6 Å². The summed E-state index contributed by atoms with van der Waals surface area (Å²) in [6.07, 6.45) is 0.877. The molecule has 128 valence electrons. The third-order valence-electron chi connectivity index (χ3n) is 5.25. The first-order valence-corrected chi connectivity index (χ1v) is 8.57. The van der Waals surface area contributed by atoms with Gasteiger partial charge in [-0.2, -0.15) is 0 Å². The lowest BCUT2D eigenvalue weighted by molar-refractivity contribution is 0.0658. The van der Waals surface area contributed by atoms with Gasteiger partial charge >= 0.3 is 6.03 Å². The number of nitrogens with two attached hydrogens (primary N) is 1. The Labute approximate surface area is 147 Å². The number of carbonyl (C=O) groups excluding carboxylic acids is 2. The van der Waals surface area contributed by atoms with Gasteiger partial charge in [-0.25, -0.2) is 4.79 Å². The molecule has 0 unspecified atom stereocenters. The minimum absolute atomic E-state index is 0.0438. The maximum atomic E-state index is 13.1. The van der Waals surface area contributed by atoms with E-state index in [1.165, 1.54) is 11.1 Å². The summed E-state index contributed by atoms with van der Waals surface area (Å²) in [5.41, 5.74) is 10.7. The van der Waals surface area contributed by atoms with Crippen LogP contribution in [0, 0.1) is 0 Å². The Morgan fingerprint density at radius 1 is 0.960 bits per heavy atom. The Balaban J connectivity index is 1.58. The third-order valence-corrected chi connectivity index (χ3v) is 5.25. The van der Waals surface area contributed by atoms with Gasteiger partial charge in [0, 0.05) is 31.2 Å². The molecule has 2 heterocycles. The third kappa shape index (κ3) is 2.76. The number of primary amides is 1. The number of urea groups is 1. The summed E-state index contributed by atoms with van der Waals surface area (Å²) in [7, 11) is 0. The van der Waals surface area contributed by atoms with E-state index in [-0.39, 0.29) is 11.9 Å². The standard InChI is InChI=1S/C20H21N3O2/c1-13-8-14-4-2-3-5-16(14)12-23(13)19(24)15-6-7-17-10-22(20(21)25)11-18(17)9-15/h2-7,9,13H,8,10-12H2,1H3,(H2,21,25)/t13-/m1/s1. The summed E-state index contributed by atoms with van der Waals surface area (Å²) < 4.78 is 0. The van der Waals surface area contributed by atoms with E-state index in [9.17, 15) is 9.59 Å². The molecule has 2 aliphatic rings. The van der Waals surface area contributed by atoms with Gasteiger partial charge in [0.25, 0.3) is 5.91 Å². The maximum Gasteiger partial charge on any atom is 0.315 e. The van der Waals surface area contributed by atoms with Gasteiger partial charge < -0.3 is 15.5 Å². The molecular formula is C20H21N3O2. The molecule has 5 nitrogen and oxygen atoms in total. The average molecular weight is 335 g/mol. The van der Waals surface area contributed by atoms with Crippen LogP contribution in [0.2, 0.25) is 0 Å². The maximum absolute atomic E-state index is 13.1. The molecule has 0 aliphatic carbocycles. The highest BCUT2D eigenvalue weighted by atomic mass is 16.2. The lowest BCUT2D eigenvalue weighted by atomic mass is 9.94. The highest BCUT2D eigenvalue weighted by Gasteiger charge is 2.29. The summed E-state index contributed by atoms with van der Waals surface area (Å²) in [5.74, 6) is 0.0438. The second-order valence-corrected chi connectivity index (χ2v) is 6.93. The van der Waals surface area contributed by atoms with E-state index in [1.807, 2.05) is 35.2 Å². The fraction of sp³-hybridized carbons (Fsp3) is 0.300. The number of amides is 3. The summed E-state index contributed by atoms with van der Waals surface area (Å²) in [6.45, 7) is 3.73. The summed E-state index contributed by atoms with van der Waals surface area (Å²) in [4.78, 5) is 27.9. The molecule has 0 radical (unpaired) electrons. The van der Waals surface area contributed by atoms with Crippen LogP contribution >= 0.6 is 0 Å². The Morgan fingerprint density at radius 2 is 1.64 bits per heavy atom. The van der Waals surface area contributed by atoms with E-state index >= 15 is 0 Å². The molecule has 2 aliphatic heterocycles. The quantitative estimate of drug-likeness (QED) is 0.870. The molecule has 2 aromatic rings. The van der Waals surface area contributed by atoms with Crippen molar-refractivity contribution in [3.8, 4) is 0 Å². The van der Waals surface area contributed by atoms with Crippen molar-refractivity contribution >= 4 is 11.9 Å². The number of benzene rings is 2. The molecule has 0 saturated heterocycles. The predicted octanol–water partition coefficient (Wildman–Crippen LogP) is 2.67. The molecule has 25 heavy (non-hydrogen) atoms. The minimum Gasteiger partial charge on any atom is -0.351 e. The zero-order valence-electron chi connectivity index (χ0n) is 14.2. The largest absolute Gasteiger partial charge is 0.351 e. The summed E-state index contributed by atoms with van der Waals surface area (Å²) >= 11 is 0. The van der Waals surface area contributed by atoms with Crippen molar-refractivity contribution in [1.82, 2.24) is 9.80 Å². The smallest absolute Gasteiger partial charge is 0.315 e. The number of nitrogens with zero attached hydrogens (tertiary/aromatic N) is 2. The van der Waals surface area contributed by atoms with E-state index in [4.69, 9.17) is 5.73 Å². The monoisotopic (exact) mass is 335 g/mol. The molecule has 2 aromatic carbocycles. The SMILES string of the molecule is C[C@@H]1Cc2ccccc2CN1C(=O)c1ccc2c(c1)CN(C(N)=O)C2. The summed E-state index contributed by atoms with van der Waals surface area (Å²) in [6, 6.07) is 13.7. The van der Waals surface area contributed by atoms with Crippen LogP contribution in [0.15, 0.2) is 42.5 Å². The molecular weight excluding hydrogens is 314 g/mol. The van der Waals surface area contributed by atoms with Crippen LogP contribution in [0.4, 0.5) is 4.79 Å². The van der Waals surface area contributed by atoms with Gasteiger partial charge in [0.15, 0.2) is 0 Å². The van der Waals surface area contributed by atoms with Gasteiger partial charge in [-0.1, -0.05) is 30.3 Å². The van der Waals surface area contributed by atoms with Crippen molar-refractivity contribution in [1.29, 1.82) is 0 Å². The highest BCUT2D eigenvalue weighted by Crippen LogP contribution is 2.27. The minimum atomic E-state index is -0.426. The van der Waals surface area contributed by atoms with Gasteiger partial charge in [-0.15, -0.1) is 0 Å². The van der Waals surface area contributed by atoms with Crippen LogP contribution < -0.4 is 5.73 Å². The van der Waals surface area contributed by atoms with E-state index in [0.29, 0.717) is 25.2 Å². The van der Waals surface area contributed by atoms with Gasteiger partial charge in [0.05, 0.1) is 0 Å². The second-order valence-electron chi connectivity index (χ2n) is 6.93. The van der Waals surface area contributed by atoms with Crippen molar-refractivity contribution < 1.29 is 9.59 Å². The first-order chi connectivity index (χ1) is 12.0. The molecule has 1 atom stereocenters. The molecule has 0 fully saturated rings. The van der Waals surface area contributed by atoms with Crippen LogP contribution in [-0.2, 0) is 26.1 Å². The summed E-state index contributed by atoms with van der Waals surface area (Å²) in [5, 5.41) is 0. The number of hydrogen-bond acceptors (Lipinski definition) is 2. The van der Waals surface area contributed by atoms with Gasteiger partial charge in [-0.3, -0.25) is 4.79 Å². The first kappa shape index (κ1) is 15.7. The van der Waals surface area contributed by atoms with Crippen LogP contribution in [0.1, 0.15) is 39.5 Å². The van der Waals surface area contributed by atoms with Crippen LogP contribution in [-0.4, -0.2) is 27.8 Å². The van der Waals surface area contributed by atoms with Gasteiger partial charge in [0.1, 0.15) is 0 Å². The van der Waals surface area contributed by atoms with Crippen molar-refractivity contribution in [2.45, 2.75) is 39.0 Å². The van der Waals surface area contributed by atoms with Crippen LogP contribution in [0.3, 0.4) is 0 Å². The molecule has 4 rings (SSSR count). The number of carbonyl (C=O) groups is 2. The number of hydrogen-bond donors (Lipinski definition) is 1. The zero-order valence-corrected chi connectivity index (χ0v) is 14.2. The van der Waals surface area contributed by atoms with E-state index in [0.717, 1.165) is 17.5 Å². The lowest BCUT2D eigenvalue weighted by Crippen LogP contribution is -2.42. The normalized spacial score (nSPS) is 18.7. The average Bonchev–Trinajstić information content (AvgIpc) is 3.04. The van der Waals surface area contributed by atoms with Crippen LogP contribution in [0.5, 0.6) is 0 Å². The second kappa shape index (κ2) is 5.92. The Morgan fingerprint density at radius 3 is 2.40 bits per heavy atom. The molecule has 0 spiro atoms. The van der Waals surface area contributed by atoms with Crippen molar-refractivity contribution in [3.63, 3.8) is 0 Å². The van der Waals surface area contributed by atoms with Crippen LogP contribution in [0.25, 0.3) is 0 Å². The van der Waals surface area contributed by atoms with Crippen molar-refractivity contribution in [2.24, 2.45) is 5.73 Å². The molecule has 0 aromatic heterocycles. The molecule has 2 N–H and O–H groups in total. The molecule has 3 amide bonds. The number of fused-ring (bicyclic) bond motifs is 2. The fourth-order valence-corrected chi connectivity index (χ4v) is 3.80. The number of rotatable bonds is 1. The Bertz CT molecular complexity index is 862. The fourth-order valence-electron chi connectivity index (χ4n) is 3.80. The van der Waals surface area contributed by atoms with E-state index in [2.05, 4.69) is 19.1 Å². The lowest BCUT2D eigenvalue weighted by Gasteiger charge is -2.35. The van der Waals surface area contributed by atoms with Gasteiger partial charge in [0.2, 0.25) is 0 Å². The van der Waals surface area contributed by atoms with E-state index < -0.39 is 6.03 Å². The first-order valence-electron chi connectivity index (χ1n) is 8.57. The predicted molar refractivity (Wildman–Crippen MR) is 94.8 cm³/mol. The van der Waals surface area contributed by atoms with Gasteiger partial charge in [-0.05, 0) is 47.7 Å². The Kier molecular flexibility index (Phi) is 3.71. The highest BCUT2D eigenvalue weighted by molar-refractivity contribution is 5.95. The molecule has 5 heteroatoms. The molecule has 0 bridgehead atoms. The zero-order chi connectivity index (χ0) is 17.6. The van der Waals surface area contributed by atoms with Crippen molar-refractivity contribution in [3.05, 3.63) is 70.3 Å².